The summed E-state index contributed by atoms with van der Waals surface area (Å²) in [7, 11) is 1.76. The van der Waals surface area contributed by atoms with Gasteiger partial charge in [-0.3, -0.25) is 4.68 Å². The van der Waals surface area contributed by atoms with Gasteiger partial charge in [0.25, 0.3) is 0 Å². The number of carbonyl (C=O) groups is 3. The molecule has 166 valence electrons. The van der Waals surface area contributed by atoms with Crippen LogP contribution in [0, 0.1) is 6.92 Å². The molecular formula is C21H21N5O5S. The van der Waals surface area contributed by atoms with Gasteiger partial charge in [0.15, 0.2) is 5.65 Å². The molecule has 2 N–H and O–H groups in total. The number of aromatic nitrogens is 3. The molecule has 2 amide bonds. The van der Waals surface area contributed by atoms with E-state index in [4.69, 9.17) is 9.47 Å². The summed E-state index contributed by atoms with van der Waals surface area (Å²) < 4.78 is 12.2. The molecule has 10 nitrogen and oxygen atoms in total. The van der Waals surface area contributed by atoms with E-state index in [9.17, 15) is 14.4 Å². The minimum absolute atomic E-state index is 0.0126. The molecule has 0 saturated heterocycles. The lowest BCUT2D eigenvalue weighted by atomic mass is 10.1. The summed E-state index contributed by atoms with van der Waals surface area (Å²) in [6.07, 6.45) is 0. The Kier molecular flexibility index (Phi) is 5.91. The average Bonchev–Trinajstić information content (AvgIpc) is 3.40. The van der Waals surface area contributed by atoms with Gasteiger partial charge >= 0.3 is 18.0 Å². The Bertz CT molecular complexity index is 1250. The number of pyridine rings is 1. The standard InChI is InChI=1S/C21H21N5O5S/c1-4-30-20(28)13-9-22-21(29)24-15(13)10-31-19(27)12-8-14(16-6-5-7-32-16)23-18-17(12)11(2)25-26(18)3/h5-8H,4,9-10H2,1-3H3,(H2,22,24,29). The Hall–Kier alpha value is -3.73. The van der Waals surface area contributed by atoms with E-state index in [0.29, 0.717) is 28.0 Å². The fraction of sp³-hybridized carbons (Fsp3) is 0.286. The first-order valence-corrected chi connectivity index (χ1v) is 10.8. The van der Waals surface area contributed by atoms with Crippen molar-refractivity contribution in [1.82, 2.24) is 25.4 Å². The summed E-state index contributed by atoms with van der Waals surface area (Å²) in [6.45, 7) is 3.35. The Labute approximate surface area is 187 Å². The highest BCUT2D eigenvalue weighted by Gasteiger charge is 2.26. The van der Waals surface area contributed by atoms with Gasteiger partial charge in [0.2, 0.25) is 0 Å². The van der Waals surface area contributed by atoms with Crippen LogP contribution in [0.25, 0.3) is 21.6 Å². The van der Waals surface area contributed by atoms with Crippen molar-refractivity contribution >= 4 is 40.3 Å². The van der Waals surface area contributed by atoms with E-state index in [0.717, 1.165) is 4.88 Å². The number of carbonyl (C=O) groups excluding carboxylic acids is 3. The van der Waals surface area contributed by atoms with E-state index >= 15 is 0 Å². The maximum Gasteiger partial charge on any atom is 0.339 e. The highest BCUT2D eigenvalue weighted by molar-refractivity contribution is 7.13. The van der Waals surface area contributed by atoms with E-state index in [1.54, 1.807) is 31.6 Å². The van der Waals surface area contributed by atoms with Crippen molar-refractivity contribution in [3.63, 3.8) is 0 Å². The van der Waals surface area contributed by atoms with Crippen LogP contribution in [-0.4, -0.2) is 52.5 Å². The van der Waals surface area contributed by atoms with Gasteiger partial charge < -0.3 is 20.1 Å². The van der Waals surface area contributed by atoms with Gasteiger partial charge in [-0.05, 0) is 31.4 Å². The van der Waals surface area contributed by atoms with Gasteiger partial charge in [0.05, 0.1) is 51.6 Å². The van der Waals surface area contributed by atoms with E-state index in [2.05, 4.69) is 20.7 Å². The molecule has 0 aromatic carbocycles. The third-order valence-electron chi connectivity index (χ3n) is 4.89. The van der Waals surface area contributed by atoms with Crippen LogP contribution in [0.4, 0.5) is 4.79 Å². The Balaban J connectivity index is 1.68. The second kappa shape index (κ2) is 8.79. The van der Waals surface area contributed by atoms with Crippen molar-refractivity contribution in [2.45, 2.75) is 13.8 Å². The number of nitrogens with zero attached hydrogens (tertiary/aromatic N) is 3. The van der Waals surface area contributed by atoms with E-state index < -0.39 is 18.0 Å². The monoisotopic (exact) mass is 455 g/mol. The fourth-order valence-electron chi connectivity index (χ4n) is 3.44. The summed E-state index contributed by atoms with van der Waals surface area (Å²) in [5.74, 6) is -1.20. The quantitative estimate of drug-likeness (QED) is 0.547. The number of urea groups is 1. The van der Waals surface area contributed by atoms with E-state index in [1.165, 1.54) is 11.3 Å². The lowest BCUT2D eigenvalue weighted by Crippen LogP contribution is -2.45. The fourth-order valence-corrected chi connectivity index (χ4v) is 4.13. The van der Waals surface area contributed by atoms with Crippen molar-refractivity contribution in [1.29, 1.82) is 0 Å². The normalized spacial score (nSPS) is 13.7. The maximum absolute atomic E-state index is 13.1. The number of ether oxygens (including phenoxy) is 2. The Morgan fingerprint density at radius 2 is 2.09 bits per heavy atom. The topological polar surface area (TPSA) is 124 Å². The molecule has 0 aliphatic carbocycles. The van der Waals surface area contributed by atoms with Crippen molar-refractivity contribution in [3.05, 3.63) is 46.1 Å². The summed E-state index contributed by atoms with van der Waals surface area (Å²) in [4.78, 5) is 42.6. The van der Waals surface area contributed by atoms with Crippen LogP contribution in [0.1, 0.15) is 23.0 Å². The highest BCUT2D eigenvalue weighted by Crippen LogP contribution is 2.29. The number of aryl methyl sites for hydroxylation is 2. The Morgan fingerprint density at radius 1 is 1.28 bits per heavy atom. The average molecular weight is 455 g/mol. The largest absolute Gasteiger partial charge is 0.463 e. The highest BCUT2D eigenvalue weighted by atomic mass is 32.1. The number of amides is 2. The maximum atomic E-state index is 13.1. The van der Waals surface area contributed by atoms with Gasteiger partial charge in [-0.2, -0.15) is 5.10 Å². The van der Waals surface area contributed by atoms with Crippen LogP contribution < -0.4 is 10.6 Å². The molecule has 0 unspecified atom stereocenters. The van der Waals surface area contributed by atoms with Crippen molar-refractivity contribution < 1.29 is 23.9 Å². The molecule has 4 heterocycles. The molecule has 3 aromatic heterocycles. The van der Waals surface area contributed by atoms with Gasteiger partial charge in [-0.15, -0.1) is 11.3 Å². The number of hydrogen-bond donors (Lipinski definition) is 2. The SMILES string of the molecule is CCOC(=O)C1=C(COC(=O)c2cc(-c3cccs3)nc3c2c(C)nn3C)NC(=O)NC1. The minimum atomic E-state index is -0.616. The second-order valence-corrected chi connectivity index (χ2v) is 7.95. The zero-order chi connectivity index (χ0) is 22.8. The molecule has 0 fully saturated rings. The van der Waals surface area contributed by atoms with Gasteiger partial charge in [-0.1, -0.05) is 6.07 Å². The summed E-state index contributed by atoms with van der Waals surface area (Å²) >= 11 is 1.50. The van der Waals surface area contributed by atoms with Crippen LogP contribution in [0.3, 0.4) is 0 Å². The van der Waals surface area contributed by atoms with Crippen molar-refractivity contribution in [2.75, 3.05) is 19.8 Å². The number of fused-ring (bicyclic) bond motifs is 1. The second-order valence-electron chi connectivity index (χ2n) is 7.00. The molecule has 1 aliphatic heterocycles. The van der Waals surface area contributed by atoms with Crippen LogP contribution >= 0.6 is 11.3 Å². The molecule has 3 aromatic rings. The third kappa shape index (κ3) is 4.06. The van der Waals surface area contributed by atoms with Gasteiger partial charge in [0, 0.05) is 7.05 Å². The van der Waals surface area contributed by atoms with Crippen LogP contribution in [-0.2, 0) is 21.3 Å². The zero-order valence-corrected chi connectivity index (χ0v) is 18.5. The number of nitrogens with one attached hydrogen (secondary N) is 2. The van der Waals surface area contributed by atoms with Gasteiger partial charge in [0.1, 0.15) is 6.61 Å². The predicted octanol–water partition coefficient (Wildman–Crippen LogP) is 2.29. The number of thiophene rings is 1. The molecule has 0 saturated carbocycles. The minimum Gasteiger partial charge on any atom is -0.463 e. The summed E-state index contributed by atoms with van der Waals surface area (Å²) in [5.41, 5.74) is 2.53. The zero-order valence-electron chi connectivity index (χ0n) is 17.7. The molecule has 0 atom stereocenters. The first-order chi connectivity index (χ1) is 15.4. The van der Waals surface area contributed by atoms with Gasteiger partial charge in [-0.25, -0.2) is 19.4 Å². The first-order valence-electron chi connectivity index (χ1n) is 9.88. The number of rotatable bonds is 6. The van der Waals surface area contributed by atoms with Crippen LogP contribution in [0.15, 0.2) is 34.8 Å². The third-order valence-corrected chi connectivity index (χ3v) is 5.78. The van der Waals surface area contributed by atoms with Crippen molar-refractivity contribution in [3.8, 4) is 10.6 Å². The van der Waals surface area contributed by atoms with E-state index in [-0.39, 0.29) is 31.0 Å². The van der Waals surface area contributed by atoms with Crippen molar-refractivity contribution in [2.24, 2.45) is 7.05 Å². The van der Waals surface area contributed by atoms with E-state index in [1.807, 2.05) is 17.5 Å². The number of hydrogen-bond acceptors (Lipinski definition) is 8. The molecule has 1 aliphatic rings. The molecule has 4 rings (SSSR count). The number of esters is 2. The smallest absolute Gasteiger partial charge is 0.339 e. The lowest BCUT2D eigenvalue weighted by molar-refractivity contribution is -0.138. The van der Waals surface area contributed by atoms with Crippen LogP contribution in [0.5, 0.6) is 0 Å². The summed E-state index contributed by atoms with van der Waals surface area (Å²) in [6, 6.07) is 5.01. The molecule has 11 heteroatoms. The van der Waals surface area contributed by atoms with Crippen LogP contribution in [0.2, 0.25) is 0 Å². The molecule has 32 heavy (non-hydrogen) atoms. The lowest BCUT2D eigenvalue weighted by Gasteiger charge is -2.21. The molecule has 0 bridgehead atoms. The predicted molar refractivity (Wildman–Crippen MR) is 117 cm³/mol. The first kappa shape index (κ1) is 21.5. The molecular weight excluding hydrogens is 434 g/mol. The summed E-state index contributed by atoms with van der Waals surface area (Å²) in [5, 5.41) is 11.9. The molecule has 0 radical (unpaired) electrons. The Morgan fingerprint density at radius 3 is 2.81 bits per heavy atom. The molecule has 0 spiro atoms.